The third kappa shape index (κ3) is 6.19. The van der Waals surface area contributed by atoms with Gasteiger partial charge in [0.05, 0.1) is 6.61 Å². The smallest absolute Gasteiger partial charge is 0.123 e. The Bertz CT molecular complexity index is 1070. The van der Waals surface area contributed by atoms with Crippen molar-refractivity contribution in [3.8, 4) is 0 Å². The van der Waals surface area contributed by atoms with Crippen LogP contribution in [-0.2, 0) is 10.2 Å². The lowest BCUT2D eigenvalue weighted by Crippen LogP contribution is -2.46. The van der Waals surface area contributed by atoms with Crippen molar-refractivity contribution in [1.29, 1.82) is 0 Å². The minimum Gasteiger partial charge on any atom is -0.381 e. The molecule has 1 atom stereocenters. The van der Waals surface area contributed by atoms with Gasteiger partial charge in [-0.3, -0.25) is 0 Å². The van der Waals surface area contributed by atoms with Gasteiger partial charge in [0.15, 0.2) is 0 Å². The zero-order valence-electron chi connectivity index (χ0n) is 21.8. The zero-order valence-corrected chi connectivity index (χ0v) is 22.6. The molecule has 0 saturated carbocycles. The summed E-state index contributed by atoms with van der Waals surface area (Å²) in [7, 11) is 0. The standard InChI is InChI=1S/C30H39FN2OS/c1-6-22-19-30(21-34-7-2)20-33(35-27-14-8-23(9-15-27)29(3,4)5)17-16-24(30)18-28(22)32-26-12-10-25(31)11-13-26/h8-15,18,32H,6-7,16-17,19-21H2,1-5H3. The predicted molar refractivity (Wildman–Crippen MR) is 146 cm³/mol. The van der Waals surface area contributed by atoms with E-state index in [0.717, 1.165) is 51.3 Å². The van der Waals surface area contributed by atoms with E-state index >= 15 is 0 Å². The third-order valence-electron chi connectivity index (χ3n) is 7.13. The molecule has 0 aromatic heterocycles. The van der Waals surface area contributed by atoms with Crippen molar-refractivity contribution < 1.29 is 9.13 Å². The molecule has 0 bridgehead atoms. The molecule has 0 amide bonds. The largest absolute Gasteiger partial charge is 0.381 e. The van der Waals surface area contributed by atoms with Crippen LogP contribution in [0.25, 0.3) is 0 Å². The number of allylic oxidation sites excluding steroid dienone is 2. The lowest BCUT2D eigenvalue weighted by molar-refractivity contribution is 0.0482. The molecular weight excluding hydrogens is 455 g/mol. The summed E-state index contributed by atoms with van der Waals surface area (Å²) in [6.07, 6.45) is 5.33. The highest BCUT2D eigenvalue weighted by Crippen LogP contribution is 2.48. The molecule has 4 rings (SSSR count). The van der Waals surface area contributed by atoms with Crippen LogP contribution in [0.4, 0.5) is 10.1 Å². The summed E-state index contributed by atoms with van der Waals surface area (Å²) >= 11 is 1.87. The summed E-state index contributed by atoms with van der Waals surface area (Å²) < 4.78 is 22.0. The van der Waals surface area contributed by atoms with E-state index in [-0.39, 0.29) is 16.6 Å². The average Bonchev–Trinajstić information content (AvgIpc) is 2.84. The average molecular weight is 495 g/mol. The van der Waals surface area contributed by atoms with Crippen LogP contribution < -0.4 is 5.32 Å². The normalized spacial score (nSPS) is 21.0. The van der Waals surface area contributed by atoms with Crippen molar-refractivity contribution in [2.24, 2.45) is 5.41 Å². The molecule has 1 N–H and O–H groups in total. The molecular formula is C30H39FN2OS. The molecule has 1 saturated heterocycles. The number of nitrogens with zero attached hydrogens (tertiary/aromatic N) is 1. The maximum Gasteiger partial charge on any atom is 0.123 e. The number of rotatable bonds is 8. The number of piperidine rings is 1. The van der Waals surface area contributed by atoms with Crippen LogP contribution in [0.2, 0.25) is 0 Å². The fourth-order valence-corrected chi connectivity index (χ4v) is 6.11. The first-order chi connectivity index (χ1) is 16.7. The van der Waals surface area contributed by atoms with Crippen molar-refractivity contribution in [2.45, 2.75) is 64.2 Å². The Hall–Kier alpha value is -2.08. The fraction of sp³-hybridized carbons (Fsp3) is 0.467. The highest BCUT2D eigenvalue weighted by atomic mass is 32.2. The van der Waals surface area contributed by atoms with E-state index in [1.54, 1.807) is 12.1 Å². The van der Waals surface area contributed by atoms with Gasteiger partial charge in [0.1, 0.15) is 5.82 Å². The van der Waals surface area contributed by atoms with Crippen LogP contribution in [0.1, 0.15) is 59.4 Å². The minimum absolute atomic E-state index is 0.00801. The first kappa shape index (κ1) is 26.0. The predicted octanol–water partition coefficient (Wildman–Crippen LogP) is 7.97. The lowest BCUT2D eigenvalue weighted by Gasteiger charge is -2.47. The number of ether oxygens (including phenoxy) is 1. The molecule has 1 heterocycles. The SMILES string of the molecule is CCOCC12CC(CC)=C(Nc3ccc(F)cc3)C=C1CCN(Sc1ccc(C(C)(C)C)cc1)C2. The van der Waals surface area contributed by atoms with Gasteiger partial charge in [-0.25, -0.2) is 8.70 Å². The van der Waals surface area contributed by atoms with Gasteiger partial charge in [-0.2, -0.15) is 0 Å². The number of nitrogens with one attached hydrogen (secondary N) is 1. The van der Waals surface area contributed by atoms with Gasteiger partial charge in [-0.1, -0.05) is 45.4 Å². The van der Waals surface area contributed by atoms with Crippen LogP contribution in [-0.4, -0.2) is 30.6 Å². The quantitative estimate of drug-likeness (QED) is 0.376. The molecule has 1 fully saturated rings. The van der Waals surface area contributed by atoms with Gasteiger partial charge in [-0.15, -0.1) is 0 Å². The monoisotopic (exact) mass is 494 g/mol. The fourth-order valence-electron chi connectivity index (χ4n) is 5.06. The molecule has 1 unspecified atom stereocenters. The van der Waals surface area contributed by atoms with Crippen molar-refractivity contribution in [2.75, 3.05) is 31.6 Å². The summed E-state index contributed by atoms with van der Waals surface area (Å²) in [6.45, 7) is 14.5. The van der Waals surface area contributed by atoms with Crippen LogP contribution in [0.3, 0.4) is 0 Å². The van der Waals surface area contributed by atoms with E-state index in [0.29, 0.717) is 0 Å². The molecule has 2 aromatic rings. The van der Waals surface area contributed by atoms with Gasteiger partial charge in [-0.05, 0) is 97.2 Å². The second kappa shape index (κ2) is 10.9. The van der Waals surface area contributed by atoms with Crippen molar-refractivity contribution in [1.82, 2.24) is 4.31 Å². The molecule has 3 nitrogen and oxygen atoms in total. The van der Waals surface area contributed by atoms with E-state index < -0.39 is 0 Å². The summed E-state index contributed by atoms with van der Waals surface area (Å²) in [5, 5.41) is 3.56. The number of fused-ring (bicyclic) bond motifs is 1. The van der Waals surface area contributed by atoms with Gasteiger partial charge in [0, 0.05) is 41.4 Å². The van der Waals surface area contributed by atoms with Crippen LogP contribution >= 0.6 is 11.9 Å². The van der Waals surface area contributed by atoms with Crippen molar-refractivity contribution in [3.05, 3.63) is 82.8 Å². The van der Waals surface area contributed by atoms with Crippen LogP contribution in [0.5, 0.6) is 0 Å². The van der Waals surface area contributed by atoms with Crippen molar-refractivity contribution in [3.63, 3.8) is 0 Å². The Morgan fingerprint density at radius 2 is 1.77 bits per heavy atom. The summed E-state index contributed by atoms with van der Waals surface area (Å²) in [5.41, 5.74) is 6.48. The number of benzene rings is 2. The molecule has 1 aliphatic carbocycles. The van der Waals surface area contributed by atoms with E-state index in [1.165, 1.54) is 39.4 Å². The molecule has 2 aliphatic rings. The maximum atomic E-state index is 13.4. The summed E-state index contributed by atoms with van der Waals surface area (Å²) in [5.74, 6) is -0.212. The van der Waals surface area contributed by atoms with Gasteiger partial charge < -0.3 is 10.1 Å². The Kier molecular flexibility index (Phi) is 8.09. The summed E-state index contributed by atoms with van der Waals surface area (Å²) in [6, 6.07) is 15.7. The third-order valence-corrected chi connectivity index (χ3v) is 8.18. The lowest BCUT2D eigenvalue weighted by atomic mass is 9.68. The number of hydrogen-bond acceptors (Lipinski definition) is 4. The Balaban J connectivity index is 1.54. The Morgan fingerprint density at radius 3 is 2.40 bits per heavy atom. The topological polar surface area (TPSA) is 24.5 Å². The second-order valence-corrected chi connectivity index (χ2v) is 11.9. The highest BCUT2D eigenvalue weighted by Gasteiger charge is 2.43. The first-order valence-electron chi connectivity index (χ1n) is 12.8. The van der Waals surface area contributed by atoms with E-state index in [4.69, 9.17) is 4.74 Å². The maximum absolute atomic E-state index is 13.4. The van der Waals surface area contributed by atoms with E-state index in [2.05, 4.69) is 74.6 Å². The zero-order chi connectivity index (χ0) is 25.1. The number of anilines is 1. The van der Waals surface area contributed by atoms with Crippen molar-refractivity contribution >= 4 is 17.6 Å². The minimum atomic E-state index is -0.212. The molecule has 0 spiro atoms. The molecule has 2 aromatic carbocycles. The Labute approximate surface area is 215 Å². The van der Waals surface area contributed by atoms with Gasteiger partial charge in [0.2, 0.25) is 0 Å². The molecule has 0 radical (unpaired) electrons. The Morgan fingerprint density at radius 1 is 1.06 bits per heavy atom. The van der Waals surface area contributed by atoms with E-state index in [1.807, 2.05) is 11.9 Å². The van der Waals surface area contributed by atoms with Crippen LogP contribution in [0, 0.1) is 11.2 Å². The van der Waals surface area contributed by atoms with Gasteiger partial charge in [0.25, 0.3) is 0 Å². The van der Waals surface area contributed by atoms with Crippen LogP contribution in [0.15, 0.2) is 76.3 Å². The number of hydrogen-bond donors (Lipinski definition) is 1. The summed E-state index contributed by atoms with van der Waals surface area (Å²) in [4.78, 5) is 1.29. The van der Waals surface area contributed by atoms with Gasteiger partial charge >= 0.3 is 0 Å². The molecule has 1 aliphatic heterocycles. The highest BCUT2D eigenvalue weighted by molar-refractivity contribution is 7.97. The molecule has 35 heavy (non-hydrogen) atoms. The van der Waals surface area contributed by atoms with E-state index in [9.17, 15) is 4.39 Å². The molecule has 5 heteroatoms. The number of halogens is 1. The molecule has 188 valence electrons. The first-order valence-corrected chi connectivity index (χ1v) is 13.6. The second-order valence-electron chi connectivity index (χ2n) is 10.7.